The number of allylic oxidation sites excluding steroid dienone is 2. The van der Waals surface area contributed by atoms with Crippen molar-refractivity contribution in [2.24, 2.45) is 0 Å². The molecule has 23 heavy (non-hydrogen) atoms. The number of carbonyl (C=O) groups excluding carboxylic acids is 1. The Morgan fingerprint density at radius 3 is 1.65 bits per heavy atom. The summed E-state index contributed by atoms with van der Waals surface area (Å²) in [5.74, 6) is -0.0815. The zero-order chi connectivity index (χ0) is 17.0. The van der Waals surface area contributed by atoms with Crippen LogP contribution in [0.5, 0.6) is 0 Å². The molecule has 0 aromatic rings. The third-order valence-corrected chi connectivity index (χ3v) is 4.17. The summed E-state index contributed by atoms with van der Waals surface area (Å²) < 4.78 is 4.62. The first-order valence-corrected chi connectivity index (χ1v) is 9.64. The number of rotatable bonds is 17. The number of methoxy groups -OCH3 is 1. The van der Waals surface area contributed by atoms with Crippen LogP contribution in [0.4, 0.5) is 0 Å². The number of hydrogen-bond donors (Lipinski definition) is 1. The van der Waals surface area contributed by atoms with Gasteiger partial charge in [-0.05, 0) is 38.5 Å². The Balaban J connectivity index is 3.09. The minimum absolute atomic E-state index is 0.0815. The number of ether oxygens (including phenoxy) is 1. The van der Waals surface area contributed by atoms with Crippen molar-refractivity contribution < 1.29 is 14.6 Å². The van der Waals surface area contributed by atoms with Gasteiger partial charge in [-0.15, -0.1) is 0 Å². The molecule has 0 aromatic carbocycles. The molecule has 0 aliphatic carbocycles. The smallest absolute Gasteiger partial charge is 0.305 e. The van der Waals surface area contributed by atoms with Crippen molar-refractivity contribution in [3.63, 3.8) is 0 Å². The van der Waals surface area contributed by atoms with Crippen LogP contribution < -0.4 is 0 Å². The Labute approximate surface area is 143 Å². The van der Waals surface area contributed by atoms with Crippen LogP contribution in [-0.2, 0) is 9.53 Å². The molecule has 0 rings (SSSR count). The van der Waals surface area contributed by atoms with Crippen LogP contribution in [0, 0.1) is 0 Å². The number of aliphatic hydroxyl groups excluding tert-OH is 1. The van der Waals surface area contributed by atoms with Gasteiger partial charge in [-0.2, -0.15) is 0 Å². The summed E-state index contributed by atoms with van der Waals surface area (Å²) in [4.78, 5) is 10.9. The number of carbonyl (C=O) groups is 1. The van der Waals surface area contributed by atoms with Gasteiger partial charge in [-0.1, -0.05) is 63.5 Å². The van der Waals surface area contributed by atoms with E-state index in [1.54, 1.807) is 0 Å². The van der Waals surface area contributed by atoms with Crippen LogP contribution in [0.1, 0.15) is 96.3 Å². The molecule has 0 radical (unpaired) electrons. The van der Waals surface area contributed by atoms with Crippen molar-refractivity contribution in [1.29, 1.82) is 0 Å². The second kappa shape index (κ2) is 19.2. The molecular weight excluding hydrogens is 288 g/mol. The lowest BCUT2D eigenvalue weighted by atomic mass is 10.1. The van der Waals surface area contributed by atoms with Crippen LogP contribution in [0.15, 0.2) is 12.2 Å². The molecule has 0 unspecified atom stereocenters. The molecule has 0 spiro atoms. The van der Waals surface area contributed by atoms with Gasteiger partial charge in [0.05, 0.1) is 7.11 Å². The highest BCUT2D eigenvalue weighted by Crippen LogP contribution is 2.11. The summed E-state index contributed by atoms with van der Waals surface area (Å²) in [6, 6.07) is 0. The number of aliphatic hydroxyl groups is 1. The fraction of sp³-hybridized carbons (Fsp3) is 0.850. The first kappa shape index (κ1) is 22.2. The third kappa shape index (κ3) is 19.1. The molecule has 0 atom stereocenters. The van der Waals surface area contributed by atoms with E-state index in [2.05, 4.69) is 16.9 Å². The van der Waals surface area contributed by atoms with Gasteiger partial charge < -0.3 is 9.84 Å². The summed E-state index contributed by atoms with van der Waals surface area (Å²) in [5, 5.41) is 8.68. The zero-order valence-corrected chi connectivity index (χ0v) is 15.2. The van der Waals surface area contributed by atoms with E-state index in [1.165, 1.54) is 77.7 Å². The molecule has 0 bridgehead atoms. The van der Waals surface area contributed by atoms with Crippen molar-refractivity contribution in [2.75, 3.05) is 13.7 Å². The van der Waals surface area contributed by atoms with Crippen LogP contribution in [0.3, 0.4) is 0 Å². The fourth-order valence-electron chi connectivity index (χ4n) is 2.66. The normalized spacial score (nSPS) is 11.2. The maximum Gasteiger partial charge on any atom is 0.305 e. The van der Waals surface area contributed by atoms with E-state index in [1.807, 2.05) is 0 Å². The SMILES string of the molecule is COC(=O)CCCCCCCCCC=CCCCCCCCO. The lowest BCUT2D eigenvalue weighted by Gasteiger charge is -2.01. The standard InChI is InChI=1S/C20H38O3/c1-23-20(22)18-16-14-12-10-8-6-4-2-3-5-7-9-11-13-15-17-19-21/h3,5,21H,2,4,6-19H2,1H3. The van der Waals surface area contributed by atoms with Crippen LogP contribution in [0.25, 0.3) is 0 Å². The van der Waals surface area contributed by atoms with E-state index < -0.39 is 0 Å². The summed E-state index contributed by atoms with van der Waals surface area (Å²) in [5.41, 5.74) is 0. The summed E-state index contributed by atoms with van der Waals surface area (Å²) >= 11 is 0. The van der Waals surface area contributed by atoms with E-state index >= 15 is 0 Å². The third-order valence-electron chi connectivity index (χ3n) is 4.17. The van der Waals surface area contributed by atoms with E-state index in [-0.39, 0.29) is 5.97 Å². The Morgan fingerprint density at radius 1 is 0.739 bits per heavy atom. The molecule has 0 fully saturated rings. The Kier molecular flexibility index (Phi) is 18.5. The van der Waals surface area contributed by atoms with Crippen molar-refractivity contribution in [3.8, 4) is 0 Å². The second-order valence-electron chi connectivity index (χ2n) is 6.34. The van der Waals surface area contributed by atoms with Crippen LogP contribution >= 0.6 is 0 Å². The lowest BCUT2D eigenvalue weighted by molar-refractivity contribution is -0.140. The molecule has 0 aliphatic rings. The lowest BCUT2D eigenvalue weighted by Crippen LogP contribution is -1.99. The van der Waals surface area contributed by atoms with Gasteiger partial charge in [0.15, 0.2) is 0 Å². The van der Waals surface area contributed by atoms with E-state index in [0.29, 0.717) is 13.0 Å². The van der Waals surface area contributed by atoms with Crippen LogP contribution in [-0.4, -0.2) is 24.8 Å². The Bertz CT molecular complexity index is 274. The number of esters is 1. The van der Waals surface area contributed by atoms with Gasteiger partial charge in [0.1, 0.15) is 0 Å². The van der Waals surface area contributed by atoms with Crippen molar-refractivity contribution in [3.05, 3.63) is 12.2 Å². The van der Waals surface area contributed by atoms with Crippen molar-refractivity contribution >= 4 is 5.97 Å². The maximum absolute atomic E-state index is 10.9. The van der Waals surface area contributed by atoms with Gasteiger partial charge in [0.2, 0.25) is 0 Å². The molecule has 3 heteroatoms. The summed E-state index contributed by atoms with van der Waals surface area (Å²) in [6.45, 7) is 0.341. The molecular formula is C20H38O3. The van der Waals surface area contributed by atoms with E-state index in [4.69, 9.17) is 5.11 Å². The first-order valence-electron chi connectivity index (χ1n) is 9.64. The van der Waals surface area contributed by atoms with Gasteiger partial charge in [-0.25, -0.2) is 0 Å². The van der Waals surface area contributed by atoms with Gasteiger partial charge in [0, 0.05) is 13.0 Å². The highest BCUT2D eigenvalue weighted by atomic mass is 16.5. The minimum Gasteiger partial charge on any atom is -0.469 e. The average Bonchev–Trinajstić information content (AvgIpc) is 2.57. The predicted octanol–water partition coefficient (Wildman–Crippen LogP) is 5.56. The molecule has 0 heterocycles. The molecule has 0 saturated heterocycles. The zero-order valence-electron chi connectivity index (χ0n) is 15.2. The quantitative estimate of drug-likeness (QED) is 0.216. The molecule has 0 aromatic heterocycles. The average molecular weight is 327 g/mol. The number of hydrogen-bond acceptors (Lipinski definition) is 3. The van der Waals surface area contributed by atoms with Gasteiger partial charge in [-0.3, -0.25) is 4.79 Å². The molecule has 0 amide bonds. The van der Waals surface area contributed by atoms with Gasteiger partial charge in [0.25, 0.3) is 0 Å². The fourth-order valence-corrected chi connectivity index (χ4v) is 2.66. The highest BCUT2D eigenvalue weighted by molar-refractivity contribution is 5.68. The Hall–Kier alpha value is -0.830. The van der Waals surface area contributed by atoms with E-state index in [0.717, 1.165) is 19.3 Å². The molecule has 0 aliphatic heterocycles. The van der Waals surface area contributed by atoms with Crippen LogP contribution in [0.2, 0.25) is 0 Å². The summed E-state index contributed by atoms with van der Waals surface area (Å²) in [6.07, 6.45) is 22.2. The number of unbranched alkanes of at least 4 members (excludes halogenated alkanes) is 12. The first-order chi connectivity index (χ1) is 11.3. The molecule has 1 N–H and O–H groups in total. The monoisotopic (exact) mass is 326 g/mol. The largest absolute Gasteiger partial charge is 0.469 e. The van der Waals surface area contributed by atoms with Crippen molar-refractivity contribution in [1.82, 2.24) is 0 Å². The van der Waals surface area contributed by atoms with Crippen molar-refractivity contribution in [2.45, 2.75) is 96.3 Å². The van der Waals surface area contributed by atoms with Gasteiger partial charge >= 0.3 is 5.97 Å². The highest BCUT2D eigenvalue weighted by Gasteiger charge is 1.98. The molecule has 0 saturated carbocycles. The second-order valence-corrected chi connectivity index (χ2v) is 6.34. The topological polar surface area (TPSA) is 46.5 Å². The Morgan fingerprint density at radius 2 is 1.17 bits per heavy atom. The minimum atomic E-state index is -0.0815. The molecule has 3 nitrogen and oxygen atoms in total. The predicted molar refractivity (Wildman–Crippen MR) is 97.5 cm³/mol. The van der Waals surface area contributed by atoms with E-state index in [9.17, 15) is 4.79 Å². The summed E-state index contributed by atoms with van der Waals surface area (Å²) in [7, 11) is 1.45. The molecule has 136 valence electrons. The maximum atomic E-state index is 10.9.